The molecular formula is C18H22N6O3. The summed E-state index contributed by atoms with van der Waals surface area (Å²) in [6.45, 7) is 0.580. The summed E-state index contributed by atoms with van der Waals surface area (Å²) < 4.78 is 5.38. The van der Waals surface area contributed by atoms with Gasteiger partial charge in [-0.25, -0.2) is 4.98 Å². The lowest BCUT2D eigenvalue weighted by atomic mass is 10.1. The van der Waals surface area contributed by atoms with E-state index in [0.29, 0.717) is 47.4 Å². The van der Waals surface area contributed by atoms with Crippen molar-refractivity contribution < 1.29 is 14.3 Å². The summed E-state index contributed by atoms with van der Waals surface area (Å²) in [5.41, 5.74) is 1.78. The molecule has 1 aromatic carbocycles. The number of nitrogens with zero attached hydrogens (tertiary/aromatic N) is 4. The average Bonchev–Trinajstić information content (AvgIpc) is 2.80. The molecule has 142 valence electrons. The van der Waals surface area contributed by atoms with Gasteiger partial charge in [-0.1, -0.05) is 0 Å². The molecule has 27 heavy (non-hydrogen) atoms. The van der Waals surface area contributed by atoms with Crippen LogP contribution in [0.2, 0.25) is 0 Å². The number of nitrogens with one attached hydrogen (secondary N) is 2. The Balaban J connectivity index is 1.93. The lowest BCUT2D eigenvalue weighted by Crippen LogP contribution is -2.25. The summed E-state index contributed by atoms with van der Waals surface area (Å²) in [5, 5.41) is 5.69. The first-order chi connectivity index (χ1) is 12.9. The number of ether oxygens (including phenoxy) is 1. The van der Waals surface area contributed by atoms with Crippen LogP contribution in [-0.4, -0.2) is 56.6 Å². The minimum Gasteiger partial charge on any atom is -0.495 e. The second-order valence-electron chi connectivity index (χ2n) is 6.15. The molecule has 0 radical (unpaired) electrons. The fourth-order valence-corrected chi connectivity index (χ4v) is 2.82. The summed E-state index contributed by atoms with van der Waals surface area (Å²) in [6.07, 6.45) is 2.04. The number of aromatic nitrogens is 2. The number of hydrogen-bond acceptors (Lipinski definition) is 7. The van der Waals surface area contributed by atoms with Crippen molar-refractivity contribution >= 4 is 35.0 Å². The third kappa shape index (κ3) is 3.62. The normalized spacial score (nSPS) is 13.7. The number of amides is 2. The summed E-state index contributed by atoms with van der Waals surface area (Å²) in [7, 11) is 6.71. The van der Waals surface area contributed by atoms with E-state index >= 15 is 0 Å². The SMILES string of the molecule is CNC(=O)c1ccc(Nc2ncc3c(n2)N(C)CCC(=O)N3C)c(OC)c1. The fraction of sp³-hybridized carbons (Fsp3) is 0.333. The van der Waals surface area contributed by atoms with Crippen molar-refractivity contribution in [2.75, 3.05) is 49.9 Å². The van der Waals surface area contributed by atoms with Crippen LogP contribution in [-0.2, 0) is 4.79 Å². The van der Waals surface area contributed by atoms with Crippen LogP contribution in [0.1, 0.15) is 16.8 Å². The van der Waals surface area contributed by atoms with Crippen LogP contribution in [0.15, 0.2) is 24.4 Å². The van der Waals surface area contributed by atoms with Gasteiger partial charge in [0.25, 0.3) is 5.91 Å². The maximum atomic E-state index is 12.1. The summed E-state index contributed by atoms with van der Waals surface area (Å²) in [6, 6.07) is 5.06. The average molecular weight is 370 g/mol. The Morgan fingerprint density at radius 2 is 2.07 bits per heavy atom. The first kappa shape index (κ1) is 18.4. The molecule has 1 aromatic heterocycles. The van der Waals surface area contributed by atoms with Crippen LogP contribution >= 0.6 is 0 Å². The molecule has 0 bridgehead atoms. The molecule has 2 aromatic rings. The Hall–Kier alpha value is -3.36. The van der Waals surface area contributed by atoms with Gasteiger partial charge >= 0.3 is 0 Å². The van der Waals surface area contributed by atoms with E-state index in [2.05, 4.69) is 20.6 Å². The molecule has 0 fully saturated rings. The molecule has 0 spiro atoms. The predicted octanol–water partition coefficient (Wildman–Crippen LogP) is 1.39. The maximum Gasteiger partial charge on any atom is 0.251 e. The van der Waals surface area contributed by atoms with Crippen molar-refractivity contribution in [2.24, 2.45) is 0 Å². The summed E-state index contributed by atoms with van der Waals surface area (Å²) >= 11 is 0. The van der Waals surface area contributed by atoms with Gasteiger partial charge in [0, 0.05) is 39.7 Å². The van der Waals surface area contributed by atoms with E-state index in [0.717, 1.165) is 0 Å². The van der Waals surface area contributed by atoms with Crippen LogP contribution in [0.4, 0.5) is 23.1 Å². The first-order valence-corrected chi connectivity index (χ1v) is 8.46. The van der Waals surface area contributed by atoms with Gasteiger partial charge < -0.3 is 25.2 Å². The number of hydrogen-bond donors (Lipinski definition) is 2. The van der Waals surface area contributed by atoms with Gasteiger partial charge in [0.2, 0.25) is 11.9 Å². The van der Waals surface area contributed by atoms with Gasteiger partial charge in [-0.3, -0.25) is 9.59 Å². The predicted molar refractivity (Wildman–Crippen MR) is 103 cm³/mol. The number of carbonyl (C=O) groups excluding carboxylic acids is 2. The zero-order valence-corrected chi connectivity index (χ0v) is 15.7. The molecule has 2 amide bonds. The Bertz CT molecular complexity index is 885. The number of methoxy groups -OCH3 is 1. The highest BCUT2D eigenvalue weighted by Crippen LogP contribution is 2.32. The maximum absolute atomic E-state index is 12.1. The topological polar surface area (TPSA) is 99.7 Å². The number of anilines is 4. The Kier molecular flexibility index (Phi) is 5.11. The highest BCUT2D eigenvalue weighted by molar-refractivity contribution is 5.97. The highest BCUT2D eigenvalue weighted by Gasteiger charge is 2.24. The monoisotopic (exact) mass is 370 g/mol. The second-order valence-corrected chi connectivity index (χ2v) is 6.15. The molecule has 9 nitrogen and oxygen atoms in total. The van der Waals surface area contributed by atoms with Gasteiger partial charge in [-0.2, -0.15) is 4.98 Å². The van der Waals surface area contributed by atoms with E-state index in [1.54, 1.807) is 43.4 Å². The van der Waals surface area contributed by atoms with Crippen LogP contribution < -0.4 is 25.2 Å². The smallest absolute Gasteiger partial charge is 0.251 e. The largest absolute Gasteiger partial charge is 0.495 e. The minimum absolute atomic E-state index is 0.0244. The molecular weight excluding hydrogens is 348 g/mol. The molecule has 2 heterocycles. The van der Waals surface area contributed by atoms with E-state index in [4.69, 9.17) is 4.74 Å². The van der Waals surface area contributed by atoms with Crippen molar-refractivity contribution in [1.82, 2.24) is 15.3 Å². The summed E-state index contributed by atoms with van der Waals surface area (Å²) in [5.74, 6) is 1.36. The molecule has 0 saturated heterocycles. The number of fused-ring (bicyclic) bond motifs is 1. The van der Waals surface area contributed by atoms with E-state index in [1.807, 2.05) is 11.9 Å². The zero-order chi connectivity index (χ0) is 19.6. The van der Waals surface area contributed by atoms with Gasteiger partial charge in [0.05, 0.1) is 19.0 Å². The van der Waals surface area contributed by atoms with Crippen LogP contribution in [0, 0.1) is 0 Å². The van der Waals surface area contributed by atoms with Crippen molar-refractivity contribution in [1.29, 1.82) is 0 Å². The van der Waals surface area contributed by atoms with Crippen LogP contribution in [0.5, 0.6) is 5.75 Å². The molecule has 0 aliphatic carbocycles. The second kappa shape index (κ2) is 7.48. The minimum atomic E-state index is -0.199. The summed E-state index contributed by atoms with van der Waals surface area (Å²) in [4.78, 5) is 36.2. The van der Waals surface area contributed by atoms with Crippen LogP contribution in [0.25, 0.3) is 0 Å². The van der Waals surface area contributed by atoms with E-state index in [1.165, 1.54) is 7.11 Å². The van der Waals surface area contributed by atoms with Crippen molar-refractivity contribution in [2.45, 2.75) is 6.42 Å². The van der Waals surface area contributed by atoms with Gasteiger partial charge in [-0.05, 0) is 18.2 Å². The van der Waals surface area contributed by atoms with Crippen molar-refractivity contribution in [3.8, 4) is 5.75 Å². The third-order valence-corrected chi connectivity index (χ3v) is 4.45. The van der Waals surface area contributed by atoms with Crippen molar-refractivity contribution in [3.63, 3.8) is 0 Å². The first-order valence-electron chi connectivity index (χ1n) is 8.46. The number of benzene rings is 1. The Labute approximate surface area is 157 Å². The van der Waals surface area contributed by atoms with E-state index in [9.17, 15) is 9.59 Å². The quantitative estimate of drug-likeness (QED) is 0.839. The van der Waals surface area contributed by atoms with E-state index < -0.39 is 0 Å². The highest BCUT2D eigenvalue weighted by atomic mass is 16.5. The third-order valence-electron chi connectivity index (χ3n) is 4.45. The van der Waals surface area contributed by atoms with Gasteiger partial charge in [0.15, 0.2) is 5.82 Å². The number of rotatable bonds is 4. The molecule has 0 atom stereocenters. The molecule has 1 aliphatic rings. The lowest BCUT2D eigenvalue weighted by molar-refractivity contribution is -0.118. The molecule has 0 unspecified atom stereocenters. The van der Waals surface area contributed by atoms with E-state index in [-0.39, 0.29) is 11.8 Å². The Morgan fingerprint density at radius 3 is 2.78 bits per heavy atom. The molecule has 2 N–H and O–H groups in total. The molecule has 0 saturated carbocycles. The van der Waals surface area contributed by atoms with Gasteiger partial charge in [-0.15, -0.1) is 0 Å². The number of carbonyl (C=O) groups is 2. The van der Waals surface area contributed by atoms with Gasteiger partial charge in [0.1, 0.15) is 11.4 Å². The molecule has 1 aliphatic heterocycles. The fourth-order valence-electron chi connectivity index (χ4n) is 2.82. The molecule has 3 rings (SSSR count). The lowest BCUT2D eigenvalue weighted by Gasteiger charge is -2.20. The standard InChI is InChI=1S/C18H22N6O3/c1-19-17(26)11-5-6-12(14(9-11)27-4)21-18-20-10-13-16(22-18)23(2)8-7-15(25)24(13)3/h5-6,9-10H,7-8H2,1-4H3,(H,19,26)(H,20,21,22). The molecule has 9 heteroatoms. The zero-order valence-electron chi connectivity index (χ0n) is 15.7. The van der Waals surface area contributed by atoms with Crippen molar-refractivity contribution in [3.05, 3.63) is 30.0 Å². The Morgan fingerprint density at radius 1 is 1.30 bits per heavy atom. The van der Waals surface area contributed by atoms with Crippen LogP contribution in [0.3, 0.4) is 0 Å².